The Bertz CT molecular complexity index is 1450. The fourth-order valence-electron chi connectivity index (χ4n) is 3.97. The van der Waals surface area contributed by atoms with E-state index in [2.05, 4.69) is 22.2 Å². The molecule has 0 aliphatic carbocycles. The number of para-hydroxylation sites is 1. The number of amides is 1. The molecule has 1 aromatic heterocycles. The average Bonchev–Trinajstić information content (AvgIpc) is 3.29. The van der Waals surface area contributed by atoms with Crippen LogP contribution in [-0.2, 0) is 16.6 Å². The molecule has 0 saturated carbocycles. The van der Waals surface area contributed by atoms with Gasteiger partial charge in [0.05, 0.1) is 10.4 Å². The molecule has 1 amide bonds. The predicted molar refractivity (Wildman–Crippen MR) is 139 cm³/mol. The maximum atomic E-state index is 13.6. The molecule has 0 atom stereocenters. The van der Waals surface area contributed by atoms with E-state index in [1.165, 1.54) is 36.4 Å². The minimum Gasteiger partial charge on any atom is -0.355 e. The molecule has 4 aromatic rings. The highest BCUT2D eigenvalue weighted by atomic mass is 32.2. The minimum atomic E-state index is -4.00. The van der Waals surface area contributed by atoms with Gasteiger partial charge in [0, 0.05) is 30.6 Å². The van der Waals surface area contributed by atoms with Crippen molar-refractivity contribution in [2.75, 3.05) is 18.0 Å². The summed E-state index contributed by atoms with van der Waals surface area (Å²) in [6.45, 7) is 5.87. The number of hydrogen-bond acceptors (Lipinski definition) is 5. The van der Waals surface area contributed by atoms with Crippen molar-refractivity contribution in [1.29, 1.82) is 0 Å². The summed E-state index contributed by atoms with van der Waals surface area (Å²) in [6.07, 6.45) is 2.00. The van der Waals surface area contributed by atoms with E-state index in [1.807, 2.05) is 19.1 Å². The van der Waals surface area contributed by atoms with Crippen LogP contribution >= 0.6 is 0 Å². The SMILES string of the molecule is CCCCN(CC)c1nn(S(=O)(=O)c2ccc(C(=O)NCc3ccc(F)cc3)cc2)c2ccccc12. The van der Waals surface area contributed by atoms with Crippen LogP contribution in [0.15, 0.2) is 77.7 Å². The van der Waals surface area contributed by atoms with Crippen molar-refractivity contribution < 1.29 is 17.6 Å². The van der Waals surface area contributed by atoms with Crippen molar-refractivity contribution in [2.24, 2.45) is 0 Å². The number of rotatable bonds is 10. The number of benzene rings is 3. The van der Waals surface area contributed by atoms with E-state index >= 15 is 0 Å². The first kappa shape index (κ1) is 25.4. The summed E-state index contributed by atoms with van der Waals surface area (Å²) in [5, 5.41) is 8.06. The molecule has 0 bridgehead atoms. The summed E-state index contributed by atoms with van der Waals surface area (Å²) in [5.74, 6) is -0.0613. The van der Waals surface area contributed by atoms with Gasteiger partial charge in [-0.05, 0) is 67.4 Å². The molecule has 9 heteroatoms. The number of unbranched alkanes of at least 4 members (excludes halogenated alkanes) is 1. The monoisotopic (exact) mass is 508 g/mol. The van der Waals surface area contributed by atoms with E-state index in [0.29, 0.717) is 23.4 Å². The minimum absolute atomic E-state index is 0.0361. The number of carbonyl (C=O) groups is 1. The summed E-state index contributed by atoms with van der Waals surface area (Å²) in [5.41, 5.74) is 1.58. The van der Waals surface area contributed by atoms with Crippen LogP contribution in [-0.4, -0.2) is 36.6 Å². The van der Waals surface area contributed by atoms with E-state index < -0.39 is 10.0 Å². The largest absolute Gasteiger partial charge is 0.355 e. The highest BCUT2D eigenvalue weighted by Gasteiger charge is 2.25. The Balaban J connectivity index is 1.59. The van der Waals surface area contributed by atoms with Gasteiger partial charge in [0.25, 0.3) is 15.9 Å². The van der Waals surface area contributed by atoms with Crippen LogP contribution in [0.3, 0.4) is 0 Å². The Morgan fingerprint density at radius 2 is 1.69 bits per heavy atom. The van der Waals surface area contributed by atoms with Gasteiger partial charge in [-0.25, -0.2) is 4.39 Å². The van der Waals surface area contributed by atoms with Gasteiger partial charge in [0.15, 0.2) is 5.82 Å². The van der Waals surface area contributed by atoms with E-state index in [-0.39, 0.29) is 23.2 Å². The summed E-state index contributed by atoms with van der Waals surface area (Å²) < 4.78 is 41.2. The summed E-state index contributed by atoms with van der Waals surface area (Å²) in [7, 11) is -4.00. The summed E-state index contributed by atoms with van der Waals surface area (Å²) in [6, 6.07) is 18.9. The van der Waals surface area contributed by atoms with Crippen molar-refractivity contribution in [3.8, 4) is 0 Å². The molecule has 0 spiro atoms. The number of nitrogens with zero attached hydrogens (tertiary/aromatic N) is 3. The lowest BCUT2D eigenvalue weighted by molar-refractivity contribution is 0.0951. The highest BCUT2D eigenvalue weighted by molar-refractivity contribution is 7.90. The molecular formula is C27H29FN4O3S. The fraction of sp³-hybridized carbons (Fsp3) is 0.259. The van der Waals surface area contributed by atoms with E-state index in [0.717, 1.165) is 34.4 Å². The zero-order chi connectivity index (χ0) is 25.7. The lowest BCUT2D eigenvalue weighted by atomic mass is 10.2. The van der Waals surface area contributed by atoms with Crippen molar-refractivity contribution in [1.82, 2.24) is 14.5 Å². The highest BCUT2D eigenvalue weighted by Crippen LogP contribution is 2.29. The Morgan fingerprint density at radius 3 is 2.36 bits per heavy atom. The van der Waals surface area contributed by atoms with Crippen LogP contribution in [0, 0.1) is 5.82 Å². The third-order valence-electron chi connectivity index (χ3n) is 6.01. The third kappa shape index (κ3) is 5.26. The normalized spacial score (nSPS) is 11.5. The third-order valence-corrected chi connectivity index (χ3v) is 7.61. The average molecular weight is 509 g/mol. The van der Waals surface area contributed by atoms with Crippen LogP contribution in [0.4, 0.5) is 10.2 Å². The van der Waals surface area contributed by atoms with E-state index in [1.54, 1.807) is 24.3 Å². The molecule has 0 unspecified atom stereocenters. The molecule has 7 nitrogen and oxygen atoms in total. The number of anilines is 1. The van der Waals surface area contributed by atoms with Gasteiger partial charge >= 0.3 is 0 Å². The second kappa shape index (κ2) is 10.9. The summed E-state index contributed by atoms with van der Waals surface area (Å²) in [4.78, 5) is 14.7. The van der Waals surface area contributed by atoms with Gasteiger partial charge in [-0.3, -0.25) is 4.79 Å². The molecule has 0 saturated heterocycles. The molecule has 0 fully saturated rings. The predicted octanol–water partition coefficient (Wildman–Crippen LogP) is 4.97. The van der Waals surface area contributed by atoms with Gasteiger partial charge in [-0.1, -0.05) is 37.6 Å². The van der Waals surface area contributed by atoms with Gasteiger partial charge in [0.2, 0.25) is 0 Å². The number of carbonyl (C=O) groups excluding carboxylic acids is 1. The van der Waals surface area contributed by atoms with Crippen LogP contribution in [0.25, 0.3) is 10.9 Å². The molecule has 36 heavy (non-hydrogen) atoms. The smallest absolute Gasteiger partial charge is 0.283 e. The standard InChI is InChI=1S/C27H29FN4O3S/c1-3-5-18-31(4-2)26-24-8-6-7-9-25(24)32(30-26)36(34,35)23-16-12-21(13-17-23)27(33)29-19-20-10-14-22(28)15-11-20/h6-17H,3-5,18-19H2,1-2H3,(H,29,33). The fourth-order valence-corrected chi connectivity index (χ4v) is 5.25. The van der Waals surface area contributed by atoms with Gasteiger partial charge in [-0.2, -0.15) is 12.5 Å². The van der Waals surface area contributed by atoms with Crippen molar-refractivity contribution in [3.63, 3.8) is 0 Å². The van der Waals surface area contributed by atoms with Crippen LogP contribution in [0.2, 0.25) is 0 Å². The first-order valence-electron chi connectivity index (χ1n) is 12.0. The van der Waals surface area contributed by atoms with E-state index in [4.69, 9.17) is 0 Å². The lowest BCUT2D eigenvalue weighted by Gasteiger charge is -2.20. The number of aromatic nitrogens is 2. The number of halogens is 1. The van der Waals surface area contributed by atoms with Crippen LogP contribution < -0.4 is 10.2 Å². The van der Waals surface area contributed by atoms with Crippen molar-refractivity contribution >= 4 is 32.7 Å². The number of nitrogens with one attached hydrogen (secondary N) is 1. The Morgan fingerprint density at radius 1 is 1.00 bits per heavy atom. The molecule has 3 aromatic carbocycles. The van der Waals surface area contributed by atoms with Gasteiger partial charge in [-0.15, -0.1) is 5.10 Å². The van der Waals surface area contributed by atoms with Crippen molar-refractivity contribution in [2.45, 2.75) is 38.1 Å². The maximum absolute atomic E-state index is 13.6. The first-order chi connectivity index (χ1) is 17.3. The molecule has 0 aliphatic rings. The Hall–Kier alpha value is -3.72. The molecule has 0 aliphatic heterocycles. The van der Waals surface area contributed by atoms with Crippen molar-refractivity contribution in [3.05, 3.63) is 89.7 Å². The van der Waals surface area contributed by atoms with Crippen LogP contribution in [0.5, 0.6) is 0 Å². The maximum Gasteiger partial charge on any atom is 0.283 e. The number of fused-ring (bicyclic) bond motifs is 1. The molecule has 1 heterocycles. The molecular weight excluding hydrogens is 479 g/mol. The first-order valence-corrected chi connectivity index (χ1v) is 13.4. The molecule has 188 valence electrons. The lowest BCUT2D eigenvalue weighted by Crippen LogP contribution is -2.25. The second-order valence-electron chi connectivity index (χ2n) is 8.46. The van der Waals surface area contributed by atoms with Crippen LogP contribution in [0.1, 0.15) is 42.6 Å². The Labute approximate surface area is 210 Å². The van der Waals surface area contributed by atoms with Gasteiger partial charge < -0.3 is 10.2 Å². The molecule has 4 rings (SSSR count). The Kier molecular flexibility index (Phi) is 7.69. The van der Waals surface area contributed by atoms with Gasteiger partial charge in [0.1, 0.15) is 5.82 Å². The number of hydrogen-bond donors (Lipinski definition) is 1. The quantitative estimate of drug-likeness (QED) is 0.327. The molecule has 1 N–H and O–H groups in total. The second-order valence-corrected chi connectivity index (χ2v) is 10.2. The van der Waals surface area contributed by atoms with E-state index in [9.17, 15) is 17.6 Å². The zero-order valence-corrected chi connectivity index (χ0v) is 21.1. The molecule has 0 radical (unpaired) electrons. The summed E-state index contributed by atoms with van der Waals surface area (Å²) >= 11 is 0. The topological polar surface area (TPSA) is 84.3 Å². The zero-order valence-electron chi connectivity index (χ0n) is 20.3.